The van der Waals surface area contributed by atoms with Gasteiger partial charge in [-0.05, 0) is 50.7 Å². The van der Waals surface area contributed by atoms with Crippen molar-refractivity contribution in [1.29, 1.82) is 0 Å². The highest BCUT2D eigenvalue weighted by Gasteiger charge is 2.41. The first kappa shape index (κ1) is 18.7. The Labute approximate surface area is 180 Å². The average molecular weight is 419 g/mol. The average Bonchev–Trinajstić information content (AvgIpc) is 3.42. The van der Waals surface area contributed by atoms with Crippen LogP contribution in [0.3, 0.4) is 0 Å². The number of phenols is 1. The second-order valence-electron chi connectivity index (χ2n) is 9.02. The Kier molecular flexibility index (Phi) is 4.38. The van der Waals surface area contributed by atoms with Crippen molar-refractivity contribution in [2.24, 2.45) is 7.05 Å². The highest BCUT2D eigenvalue weighted by molar-refractivity contribution is 5.70. The molecular weight excluding hydrogens is 392 g/mol. The molecule has 2 bridgehead atoms. The molecule has 9 nitrogen and oxygen atoms in total. The van der Waals surface area contributed by atoms with E-state index in [-0.39, 0.29) is 5.75 Å². The standard InChI is InChI=1S/C22H26N8O/c1-29-12-24-21(28-29)13-2-7-18(19(31)8-13)22-23-11-20(26-27-22)30(16-5-6-16)17-9-14-3-4-15(10-17)25-14/h2,7-8,11-12,14-17,25,31H,3-6,9-10H2,1H3/t14-,15+,17-. The van der Waals surface area contributed by atoms with Crippen molar-refractivity contribution in [2.45, 2.75) is 62.7 Å². The Morgan fingerprint density at radius 1 is 1.00 bits per heavy atom. The zero-order chi connectivity index (χ0) is 20.9. The quantitative estimate of drug-likeness (QED) is 0.650. The zero-order valence-electron chi connectivity index (χ0n) is 17.5. The van der Waals surface area contributed by atoms with Crippen LogP contribution in [0.5, 0.6) is 5.75 Å². The van der Waals surface area contributed by atoms with E-state index in [0.717, 1.165) is 11.4 Å². The van der Waals surface area contributed by atoms with Gasteiger partial charge in [-0.3, -0.25) is 4.68 Å². The number of hydrogen-bond acceptors (Lipinski definition) is 8. The van der Waals surface area contributed by atoms with E-state index in [1.807, 2.05) is 19.3 Å². The number of fused-ring (bicyclic) bond motifs is 2. The predicted octanol–water partition coefficient (Wildman–Crippen LogP) is 2.29. The molecule has 1 saturated carbocycles. The topological polar surface area (TPSA) is 105 Å². The maximum atomic E-state index is 10.6. The van der Waals surface area contributed by atoms with E-state index >= 15 is 0 Å². The summed E-state index contributed by atoms with van der Waals surface area (Å²) < 4.78 is 1.63. The van der Waals surface area contributed by atoms with E-state index in [0.29, 0.717) is 41.4 Å². The van der Waals surface area contributed by atoms with Crippen molar-refractivity contribution < 1.29 is 5.11 Å². The van der Waals surface area contributed by atoms with Crippen molar-refractivity contribution in [3.8, 4) is 28.5 Å². The normalized spacial score (nSPS) is 25.0. The lowest BCUT2D eigenvalue weighted by molar-refractivity contribution is 0.343. The fourth-order valence-electron chi connectivity index (χ4n) is 5.12. The van der Waals surface area contributed by atoms with Gasteiger partial charge in [0.15, 0.2) is 17.5 Å². The van der Waals surface area contributed by atoms with Crippen LogP contribution >= 0.6 is 0 Å². The summed E-state index contributed by atoms with van der Waals surface area (Å²) in [5, 5.41) is 27.5. The van der Waals surface area contributed by atoms with Crippen LogP contribution in [-0.4, -0.2) is 59.2 Å². The highest BCUT2D eigenvalue weighted by atomic mass is 16.3. The molecule has 3 fully saturated rings. The van der Waals surface area contributed by atoms with Gasteiger partial charge in [-0.1, -0.05) is 6.07 Å². The first-order valence-corrected chi connectivity index (χ1v) is 11.1. The van der Waals surface area contributed by atoms with Crippen LogP contribution in [0.1, 0.15) is 38.5 Å². The first-order valence-electron chi connectivity index (χ1n) is 11.1. The maximum Gasteiger partial charge on any atom is 0.185 e. The number of hydrogen-bond donors (Lipinski definition) is 2. The number of aromatic nitrogens is 6. The van der Waals surface area contributed by atoms with E-state index in [2.05, 4.69) is 35.5 Å². The van der Waals surface area contributed by atoms with Crippen LogP contribution in [0.2, 0.25) is 0 Å². The van der Waals surface area contributed by atoms with Gasteiger partial charge in [-0.25, -0.2) is 9.97 Å². The van der Waals surface area contributed by atoms with Gasteiger partial charge in [0.2, 0.25) is 0 Å². The molecular formula is C22H26N8O. The summed E-state index contributed by atoms with van der Waals surface area (Å²) >= 11 is 0. The molecule has 31 heavy (non-hydrogen) atoms. The molecule has 4 heterocycles. The van der Waals surface area contributed by atoms with Crippen molar-refractivity contribution in [1.82, 2.24) is 35.3 Å². The minimum absolute atomic E-state index is 0.0912. The molecule has 3 aromatic rings. The van der Waals surface area contributed by atoms with Gasteiger partial charge >= 0.3 is 0 Å². The molecule has 6 rings (SSSR count). The Morgan fingerprint density at radius 2 is 1.81 bits per heavy atom. The number of nitrogens with one attached hydrogen (secondary N) is 1. The predicted molar refractivity (Wildman–Crippen MR) is 115 cm³/mol. The van der Waals surface area contributed by atoms with Gasteiger partial charge < -0.3 is 15.3 Å². The number of aryl methyl sites for hydroxylation is 1. The Morgan fingerprint density at radius 3 is 2.42 bits per heavy atom. The number of nitrogens with zero attached hydrogens (tertiary/aromatic N) is 7. The van der Waals surface area contributed by atoms with E-state index in [4.69, 9.17) is 0 Å². The minimum Gasteiger partial charge on any atom is -0.507 e. The lowest BCUT2D eigenvalue weighted by Crippen LogP contribution is -2.49. The molecule has 0 spiro atoms. The summed E-state index contributed by atoms with van der Waals surface area (Å²) in [4.78, 5) is 11.3. The molecule has 2 aromatic heterocycles. The highest BCUT2D eigenvalue weighted by Crippen LogP contribution is 2.39. The molecule has 3 aliphatic rings. The van der Waals surface area contributed by atoms with Crippen LogP contribution in [0.4, 0.5) is 5.82 Å². The summed E-state index contributed by atoms with van der Waals surface area (Å²) in [5.41, 5.74) is 1.29. The minimum atomic E-state index is 0.0912. The second kappa shape index (κ2) is 7.26. The third-order valence-electron chi connectivity index (χ3n) is 6.69. The largest absolute Gasteiger partial charge is 0.507 e. The molecule has 9 heteroatoms. The van der Waals surface area contributed by atoms with E-state index in [9.17, 15) is 5.11 Å². The van der Waals surface area contributed by atoms with Crippen LogP contribution in [-0.2, 0) is 7.05 Å². The third-order valence-corrected chi connectivity index (χ3v) is 6.69. The van der Waals surface area contributed by atoms with Crippen molar-refractivity contribution >= 4 is 5.82 Å². The zero-order valence-corrected chi connectivity index (χ0v) is 17.5. The molecule has 160 valence electrons. The summed E-state index contributed by atoms with van der Waals surface area (Å²) in [6.07, 6.45) is 10.8. The number of aromatic hydroxyl groups is 1. The number of rotatable bonds is 5. The molecule has 2 aliphatic heterocycles. The molecule has 2 N–H and O–H groups in total. The smallest absolute Gasteiger partial charge is 0.185 e. The maximum absolute atomic E-state index is 10.6. The van der Waals surface area contributed by atoms with Gasteiger partial charge in [0.25, 0.3) is 0 Å². The SMILES string of the molecule is Cn1cnc(-c2ccc(-c3ncc(N(C4CC4)[C@@H]4C[C@H]5CC[C@@H](C4)N5)nn3)c(O)c2)n1. The lowest BCUT2D eigenvalue weighted by atomic mass is 9.98. The van der Waals surface area contributed by atoms with Gasteiger partial charge in [-0.15, -0.1) is 10.2 Å². The van der Waals surface area contributed by atoms with Gasteiger partial charge in [-0.2, -0.15) is 5.10 Å². The Hall–Kier alpha value is -3.07. The van der Waals surface area contributed by atoms with E-state index < -0.39 is 0 Å². The molecule has 3 atom stereocenters. The number of phenolic OH excluding ortho intramolecular Hbond substituents is 1. The summed E-state index contributed by atoms with van der Waals surface area (Å²) in [5.74, 6) is 1.93. The number of piperidine rings is 1. The van der Waals surface area contributed by atoms with Gasteiger partial charge in [0.05, 0.1) is 11.8 Å². The van der Waals surface area contributed by atoms with Crippen LogP contribution in [0, 0.1) is 0 Å². The van der Waals surface area contributed by atoms with Gasteiger partial charge in [0.1, 0.15) is 12.1 Å². The van der Waals surface area contributed by atoms with Crippen molar-refractivity contribution in [3.63, 3.8) is 0 Å². The summed E-state index contributed by atoms with van der Waals surface area (Å²) in [6.45, 7) is 0. The Balaban J connectivity index is 1.25. The second-order valence-corrected chi connectivity index (χ2v) is 9.02. The molecule has 2 saturated heterocycles. The van der Waals surface area contributed by atoms with Crippen molar-refractivity contribution in [2.75, 3.05) is 4.90 Å². The van der Waals surface area contributed by atoms with Crippen LogP contribution in [0.15, 0.2) is 30.7 Å². The van der Waals surface area contributed by atoms with Crippen LogP contribution in [0.25, 0.3) is 22.8 Å². The Bertz CT molecular complexity index is 1080. The number of anilines is 1. The van der Waals surface area contributed by atoms with E-state index in [1.165, 1.54) is 38.5 Å². The monoisotopic (exact) mass is 418 g/mol. The molecule has 0 unspecified atom stereocenters. The first-order chi connectivity index (χ1) is 15.1. The molecule has 1 aliphatic carbocycles. The lowest BCUT2D eigenvalue weighted by Gasteiger charge is -2.38. The third kappa shape index (κ3) is 3.52. The molecule has 0 amide bonds. The van der Waals surface area contributed by atoms with Gasteiger partial charge in [0, 0.05) is 36.8 Å². The number of benzene rings is 1. The molecule has 0 radical (unpaired) electrons. The summed E-state index contributed by atoms with van der Waals surface area (Å²) in [7, 11) is 1.81. The fraction of sp³-hybridized carbons (Fsp3) is 0.500. The van der Waals surface area contributed by atoms with Crippen molar-refractivity contribution in [3.05, 3.63) is 30.7 Å². The summed E-state index contributed by atoms with van der Waals surface area (Å²) in [6, 6.07) is 7.63. The van der Waals surface area contributed by atoms with Crippen LogP contribution < -0.4 is 10.2 Å². The fourth-order valence-corrected chi connectivity index (χ4v) is 5.12. The van der Waals surface area contributed by atoms with E-state index in [1.54, 1.807) is 23.1 Å². The molecule has 1 aromatic carbocycles.